The Morgan fingerprint density at radius 3 is 2.56 bits per heavy atom. The molecule has 1 unspecified atom stereocenters. The molecule has 1 aliphatic carbocycles. The third kappa shape index (κ3) is 4.52. The predicted molar refractivity (Wildman–Crippen MR) is 66.5 cm³/mol. The molecule has 104 valence electrons. The summed E-state index contributed by atoms with van der Waals surface area (Å²) in [6, 6.07) is -0.419. The summed E-state index contributed by atoms with van der Waals surface area (Å²) in [7, 11) is 1.66. The van der Waals surface area contributed by atoms with Gasteiger partial charge in [0.15, 0.2) is 0 Å². The minimum absolute atomic E-state index is 0.0590. The fraction of sp³-hybridized carbons (Fsp3) is 0.833. The number of carboxylic acids is 1. The maximum absolute atomic E-state index is 11.6. The number of aliphatic carboxylic acids is 1. The highest BCUT2D eigenvalue weighted by atomic mass is 16.5. The summed E-state index contributed by atoms with van der Waals surface area (Å²) >= 11 is 0. The predicted octanol–water partition coefficient (Wildman–Crippen LogP) is 1.11. The summed E-state index contributed by atoms with van der Waals surface area (Å²) in [5.74, 6) is -0.850. The average Bonchev–Trinajstić information content (AvgIpc) is 2.25. The van der Waals surface area contributed by atoms with E-state index < -0.39 is 5.97 Å². The van der Waals surface area contributed by atoms with Crippen LogP contribution in [-0.4, -0.2) is 42.4 Å². The quantitative estimate of drug-likeness (QED) is 0.638. The number of hydrogen-bond acceptors (Lipinski definition) is 3. The molecule has 1 rings (SSSR count). The molecule has 0 saturated heterocycles. The van der Waals surface area contributed by atoms with Gasteiger partial charge in [-0.2, -0.15) is 0 Å². The first kappa shape index (κ1) is 14.8. The van der Waals surface area contributed by atoms with Crippen LogP contribution in [0.2, 0.25) is 0 Å². The summed E-state index contributed by atoms with van der Waals surface area (Å²) in [5, 5.41) is 14.0. The molecule has 0 aromatic heterocycles. The monoisotopic (exact) mass is 258 g/mol. The number of carbonyl (C=O) groups is 2. The highest BCUT2D eigenvalue weighted by Crippen LogP contribution is 2.34. The number of urea groups is 1. The highest BCUT2D eigenvalue weighted by molar-refractivity contribution is 5.74. The number of carbonyl (C=O) groups excluding carboxylic acids is 1. The molecule has 1 aliphatic rings. The Balaban J connectivity index is 2.18. The molecule has 6 heteroatoms. The standard InChI is InChI=1S/C12H22N2O4/c1-9(4-5-10(15)16)14-11(17)13-8-12(18-2)6-3-7-12/h9H,3-8H2,1-2H3,(H,15,16)(H2,13,14,17). The lowest BCUT2D eigenvalue weighted by Gasteiger charge is -2.40. The zero-order chi connectivity index (χ0) is 13.6. The first-order valence-electron chi connectivity index (χ1n) is 6.29. The van der Waals surface area contributed by atoms with Crippen molar-refractivity contribution in [3.63, 3.8) is 0 Å². The van der Waals surface area contributed by atoms with Crippen LogP contribution in [0, 0.1) is 0 Å². The van der Waals surface area contributed by atoms with Crippen LogP contribution in [0.1, 0.15) is 39.0 Å². The maximum Gasteiger partial charge on any atom is 0.315 e. The molecule has 0 heterocycles. The Hall–Kier alpha value is -1.30. The number of rotatable bonds is 7. The molecule has 0 bridgehead atoms. The van der Waals surface area contributed by atoms with Crippen molar-refractivity contribution in [1.82, 2.24) is 10.6 Å². The maximum atomic E-state index is 11.6. The highest BCUT2D eigenvalue weighted by Gasteiger charge is 2.37. The molecule has 1 saturated carbocycles. The zero-order valence-electron chi connectivity index (χ0n) is 11.0. The van der Waals surface area contributed by atoms with E-state index in [2.05, 4.69) is 10.6 Å². The van der Waals surface area contributed by atoms with E-state index in [0.717, 1.165) is 19.3 Å². The van der Waals surface area contributed by atoms with E-state index in [-0.39, 0.29) is 24.1 Å². The summed E-state index contributed by atoms with van der Waals surface area (Å²) in [4.78, 5) is 22.0. The molecule has 0 radical (unpaired) electrons. The lowest BCUT2D eigenvalue weighted by Crippen LogP contribution is -2.52. The normalized spacial score (nSPS) is 18.6. The molecule has 18 heavy (non-hydrogen) atoms. The van der Waals surface area contributed by atoms with Crippen molar-refractivity contribution < 1.29 is 19.4 Å². The van der Waals surface area contributed by atoms with Crippen molar-refractivity contribution in [2.24, 2.45) is 0 Å². The molecular weight excluding hydrogens is 236 g/mol. The number of hydrogen-bond donors (Lipinski definition) is 3. The van der Waals surface area contributed by atoms with Crippen LogP contribution in [-0.2, 0) is 9.53 Å². The van der Waals surface area contributed by atoms with E-state index in [1.807, 2.05) is 0 Å². The molecular formula is C12H22N2O4. The lowest BCUT2D eigenvalue weighted by molar-refractivity contribution is -0.137. The molecule has 2 amide bonds. The molecule has 0 aromatic carbocycles. The smallest absolute Gasteiger partial charge is 0.315 e. The summed E-state index contributed by atoms with van der Waals surface area (Å²) in [6.07, 6.45) is 3.56. The topological polar surface area (TPSA) is 87.7 Å². The number of methoxy groups -OCH3 is 1. The van der Waals surface area contributed by atoms with E-state index in [1.165, 1.54) is 0 Å². The molecule has 6 nitrogen and oxygen atoms in total. The van der Waals surface area contributed by atoms with Crippen LogP contribution in [0.25, 0.3) is 0 Å². The van der Waals surface area contributed by atoms with Gasteiger partial charge >= 0.3 is 12.0 Å². The number of nitrogens with one attached hydrogen (secondary N) is 2. The van der Waals surface area contributed by atoms with Gasteiger partial charge in [0.2, 0.25) is 0 Å². The summed E-state index contributed by atoms with van der Waals surface area (Å²) in [6.45, 7) is 2.29. The van der Waals surface area contributed by atoms with E-state index in [9.17, 15) is 9.59 Å². The molecule has 1 fully saturated rings. The first-order chi connectivity index (χ1) is 8.47. The van der Waals surface area contributed by atoms with Gasteiger partial charge in [-0.1, -0.05) is 0 Å². The lowest BCUT2D eigenvalue weighted by atomic mass is 9.80. The fourth-order valence-corrected chi connectivity index (χ4v) is 1.95. The molecule has 3 N–H and O–H groups in total. The van der Waals surface area contributed by atoms with Crippen LogP contribution in [0.4, 0.5) is 4.79 Å². The largest absolute Gasteiger partial charge is 0.481 e. The van der Waals surface area contributed by atoms with Crippen LogP contribution in [0.5, 0.6) is 0 Å². The minimum atomic E-state index is -0.850. The van der Waals surface area contributed by atoms with E-state index in [1.54, 1.807) is 14.0 Å². The fourth-order valence-electron chi connectivity index (χ4n) is 1.95. The van der Waals surface area contributed by atoms with Crippen molar-refractivity contribution in [2.75, 3.05) is 13.7 Å². The molecule has 0 spiro atoms. The summed E-state index contributed by atoms with van der Waals surface area (Å²) < 4.78 is 5.39. The van der Waals surface area contributed by atoms with Gasteiger partial charge in [-0.25, -0.2) is 4.79 Å². The Labute approximate surface area is 107 Å². The van der Waals surface area contributed by atoms with Crippen LogP contribution in [0.15, 0.2) is 0 Å². The van der Waals surface area contributed by atoms with Gasteiger partial charge in [-0.05, 0) is 32.6 Å². The third-order valence-electron chi connectivity index (χ3n) is 3.44. The van der Waals surface area contributed by atoms with Gasteiger partial charge in [0.25, 0.3) is 0 Å². The van der Waals surface area contributed by atoms with Gasteiger partial charge in [0, 0.05) is 26.1 Å². The van der Waals surface area contributed by atoms with Crippen LogP contribution < -0.4 is 10.6 Å². The van der Waals surface area contributed by atoms with Gasteiger partial charge < -0.3 is 20.5 Å². The SMILES string of the molecule is COC1(CNC(=O)NC(C)CCC(=O)O)CCC1. The van der Waals surface area contributed by atoms with Crippen LogP contribution in [0.3, 0.4) is 0 Å². The van der Waals surface area contributed by atoms with E-state index in [4.69, 9.17) is 9.84 Å². The van der Waals surface area contributed by atoms with E-state index in [0.29, 0.717) is 13.0 Å². The van der Waals surface area contributed by atoms with E-state index >= 15 is 0 Å². The van der Waals surface area contributed by atoms with Crippen LogP contribution >= 0.6 is 0 Å². The van der Waals surface area contributed by atoms with Gasteiger partial charge in [-0.15, -0.1) is 0 Å². The van der Waals surface area contributed by atoms with Crippen molar-refractivity contribution in [2.45, 2.75) is 50.7 Å². The van der Waals surface area contributed by atoms with Gasteiger partial charge in [0.05, 0.1) is 5.60 Å². The summed E-state index contributed by atoms with van der Waals surface area (Å²) in [5.41, 5.74) is -0.193. The second-order valence-electron chi connectivity index (χ2n) is 4.90. The van der Waals surface area contributed by atoms with Crippen molar-refractivity contribution in [3.8, 4) is 0 Å². The molecule has 0 aliphatic heterocycles. The Kier molecular flexibility index (Phi) is 5.40. The number of carboxylic acid groups (broad SMARTS) is 1. The number of ether oxygens (including phenoxy) is 1. The van der Waals surface area contributed by atoms with Gasteiger partial charge in [0.1, 0.15) is 0 Å². The third-order valence-corrected chi connectivity index (χ3v) is 3.44. The second-order valence-corrected chi connectivity index (χ2v) is 4.90. The van der Waals surface area contributed by atoms with Crippen molar-refractivity contribution in [1.29, 1.82) is 0 Å². The minimum Gasteiger partial charge on any atom is -0.481 e. The van der Waals surface area contributed by atoms with Crippen molar-refractivity contribution in [3.05, 3.63) is 0 Å². The average molecular weight is 258 g/mol. The number of amides is 2. The van der Waals surface area contributed by atoms with Crippen molar-refractivity contribution >= 4 is 12.0 Å². The Morgan fingerprint density at radius 1 is 1.44 bits per heavy atom. The second kappa shape index (κ2) is 6.58. The molecule has 0 aromatic rings. The zero-order valence-corrected chi connectivity index (χ0v) is 11.0. The first-order valence-corrected chi connectivity index (χ1v) is 6.29. The molecule has 1 atom stereocenters. The Morgan fingerprint density at radius 2 is 2.11 bits per heavy atom. The Bertz CT molecular complexity index is 297. The van der Waals surface area contributed by atoms with Gasteiger partial charge in [-0.3, -0.25) is 4.79 Å².